The second kappa shape index (κ2) is 7.46. The monoisotopic (exact) mass is 299 g/mol. The van der Waals surface area contributed by atoms with E-state index in [1.807, 2.05) is 0 Å². The highest BCUT2D eigenvalue weighted by molar-refractivity contribution is 6.33. The van der Waals surface area contributed by atoms with Crippen molar-refractivity contribution in [1.82, 2.24) is 5.32 Å². The van der Waals surface area contributed by atoms with E-state index in [1.165, 1.54) is 18.2 Å². The molecule has 7 nitrogen and oxygen atoms in total. The van der Waals surface area contributed by atoms with Gasteiger partial charge in [-0.05, 0) is 18.2 Å². The first-order valence-corrected chi connectivity index (χ1v) is 6.09. The molecule has 0 atom stereocenters. The van der Waals surface area contributed by atoms with Crippen molar-refractivity contribution in [2.75, 3.05) is 18.4 Å². The van der Waals surface area contributed by atoms with Gasteiger partial charge in [-0.3, -0.25) is 9.59 Å². The lowest BCUT2D eigenvalue weighted by atomic mass is 10.2. The van der Waals surface area contributed by atoms with Gasteiger partial charge in [0.25, 0.3) is 0 Å². The molecular formula is C12H14ClN3O4. The van der Waals surface area contributed by atoms with E-state index in [9.17, 15) is 14.4 Å². The molecule has 0 fully saturated rings. The van der Waals surface area contributed by atoms with Crippen molar-refractivity contribution >= 4 is 35.1 Å². The highest BCUT2D eigenvalue weighted by Crippen LogP contribution is 2.22. The number of nitrogens with one attached hydrogen (secondary N) is 2. The molecular weight excluding hydrogens is 286 g/mol. The van der Waals surface area contributed by atoms with Crippen molar-refractivity contribution < 1.29 is 19.5 Å². The summed E-state index contributed by atoms with van der Waals surface area (Å²) in [7, 11) is 0. The van der Waals surface area contributed by atoms with Crippen molar-refractivity contribution in [3.8, 4) is 0 Å². The second-order valence-electron chi connectivity index (χ2n) is 3.94. The van der Waals surface area contributed by atoms with Gasteiger partial charge in [0, 0.05) is 13.0 Å². The maximum atomic E-state index is 11.6. The van der Waals surface area contributed by atoms with Gasteiger partial charge in [0.2, 0.25) is 11.8 Å². The normalized spacial score (nSPS) is 10.1. The SMILES string of the molecule is NC(=O)CCNCC(=O)Nc1cc(C(=O)O)ccc1Cl. The van der Waals surface area contributed by atoms with E-state index in [0.717, 1.165) is 0 Å². The fourth-order valence-corrected chi connectivity index (χ4v) is 1.53. The lowest BCUT2D eigenvalue weighted by molar-refractivity contribution is -0.118. The van der Waals surface area contributed by atoms with Crippen LogP contribution < -0.4 is 16.4 Å². The molecule has 0 aliphatic carbocycles. The Hall–Kier alpha value is -2.12. The molecule has 0 saturated carbocycles. The van der Waals surface area contributed by atoms with Crippen LogP contribution in [0.5, 0.6) is 0 Å². The number of nitrogens with two attached hydrogens (primary N) is 1. The van der Waals surface area contributed by atoms with Crippen molar-refractivity contribution in [3.05, 3.63) is 28.8 Å². The Morgan fingerprint density at radius 2 is 2.00 bits per heavy atom. The third-order valence-electron chi connectivity index (χ3n) is 2.32. The summed E-state index contributed by atoms with van der Waals surface area (Å²) in [4.78, 5) is 32.9. The number of anilines is 1. The topological polar surface area (TPSA) is 122 Å². The maximum absolute atomic E-state index is 11.6. The number of carboxylic acid groups (broad SMARTS) is 1. The Labute approximate surface area is 120 Å². The fraction of sp³-hybridized carbons (Fsp3) is 0.250. The van der Waals surface area contributed by atoms with Gasteiger partial charge in [-0.2, -0.15) is 0 Å². The second-order valence-corrected chi connectivity index (χ2v) is 4.35. The number of carbonyl (C=O) groups excluding carboxylic acids is 2. The van der Waals surface area contributed by atoms with Gasteiger partial charge < -0.3 is 21.5 Å². The molecule has 0 aliphatic heterocycles. The zero-order valence-corrected chi connectivity index (χ0v) is 11.2. The van der Waals surface area contributed by atoms with Gasteiger partial charge in [-0.25, -0.2) is 4.79 Å². The molecule has 0 spiro atoms. The Balaban J connectivity index is 2.55. The van der Waals surface area contributed by atoms with Crippen molar-refractivity contribution in [2.24, 2.45) is 5.73 Å². The lowest BCUT2D eigenvalue weighted by Crippen LogP contribution is -2.30. The van der Waals surface area contributed by atoms with Crippen LogP contribution in [0.4, 0.5) is 5.69 Å². The van der Waals surface area contributed by atoms with E-state index in [-0.39, 0.29) is 35.8 Å². The molecule has 1 rings (SSSR count). The van der Waals surface area contributed by atoms with Gasteiger partial charge >= 0.3 is 5.97 Å². The third-order valence-corrected chi connectivity index (χ3v) is 2.65. The molecule has 0 aromatic heterocycles. The fourth-order valence-electron chi connectivity index (χ4n) is 1.36. The molecule has 8 heteroatoms. The Kier molecular flexibility index (Phi) is 5.95. The van der Waals surface area contributed by atoms with Crippen LogP contribution in [-0.4, -0.2) is 36.0 Å². The molecule has 0 heterocycles. The summed E-state index contributed by atoms with van der Waals surface area (Å²) in [5, 5.41) is 14.3. The Morgan fingerprint density at radius 1 is 1.30 bits per heavy atom. The standard InChI is InChI=1S/C12H14ClN3O4/c13-8-2-1-7(12(19)20)5-9(8)16-11(18)6-15-4-3-10(14)17/h1-2,5,15H,3-4,6H2,(H2,14,17)(H,16,18)(H,19,20). The molecule has 0 saturated heterocycles. The average molecular weight is 300 g/mol. The molecule has 5 N–H and O–H groups in total. The van der Waals surface area contributed by atoms with Crippen LogP contribution >= 0.6 is 11.6 Å². The molecule has 108 valence electrons. The van der Waals surface area contributed by atoms with Gasteiger partial charge in [-0.15, -0.1) is 0 Å². The number of benzene rings is 1. The highest BCUT2D eigenvalue weighted by atomic mass is 35.5. The summed E-state index contributed by atoms with van der Waals surface area (Å²) in [6.45, 7) is 0.243. The smallest absolute Gasteiger partial charge is 0.335 e. The van der Waals surface area contributed by atoms with Gasteiger partial charge in [0.1, 0.15) is 0 Å². The summed E-state index contributed by atoms with van der Waals surface area (Å²) in [5.41, 5.74) is 5.18. The number of hydrogen-bond acceptors (Lipinski definition) is 4. The predicted molar refractivity (Wildman–Crippen MR) is 73.7 cm³/mol. The van der Waals surface area contributed by atoms with Crippen LogP contribution in [0.15, 0.2) is 18.2 Å². The molecule has 2 amide bonds. The van der Waals surface area contributed by atoms with Crippen LogP contribution in [0.2, 0.25) is 5.02 Å². The van der Waals surface area contributed by atoms with Crippen LogP contribution in [0.3, 0.4) is 0 Å². The quantitative estimate of drug-likeness (QED) is 0.544. The minimum absolute atomic E-state index is 0.0198. The lowest BCUT2D eigenvalue weighted by Gasteiger charge is -2.08. The van der Waals surface area contributed by atoms with Gasteiger partial charge in [-0.1, -0.05) is 11.6 Å². The van der Waals surface area contributed by atoms with Crippen molar-refractivity contribution in [1.29, 1.82) is 0 Å². The first-order chi connectivity index (χ1) is 9.40. The van der Waals surface area contributed by atoms with Crippen LogP contribution in [0, 0.1) is 0 Å². The largest absolute Gasteiger partial charge is 0.478 e. The van der Waals surface area contributed by atoms with E-state index >= 15 is 0 Å². The van der Waals surface area contributed by atoms with E-state index in [4.69, 9.17) is 22.4 Å². The first kappa shape index (κ1) is 15.9. The molecule has 0 aliphatic rings. The summed E-state index contributed by atoms with van der Waals surface area (Å²) in [5.74, 6) is -1.98. The Morgan fingerprint density at radius 3 is 2.60 bits per heavy atom. The van der Waals surface area contributed by atoms with E-state index in [2.05, 4.69) is 10.6 Å². The van der Waals surface area contributed by atoms with Crippen LogP contribution in [-0.2, 0) is 9.59 Å². The molecule has 20 heavy (non-hydrogen) atoms. The average Bonchev–Trinajstić information content (AvgIpc) is 2.37. The summed E-state index contributed by atoms with van der Waals surface area (Å²) in [6.07, 6.45) is 0.128. The summed E-state index contributed by atoms with van der Waals surface area (Å²) < 4.78 is 0. The van der Waals surface area contributed by atoms with E-state index in [0.29, 0.717) is 0 Å². The summed E-state index contributed by atoms with van der Waals surface area (Å²) >= 11 is 5.86. The van der Waals surface area contributed by atoms with Crippen molar-refractivity contribution in [2.45, 2.75) is 6.42 Å². The zero-order valence-electron chi connectivity index (χ0n) is 10.5. The number of rotatable bonds is 7. The number of primary amides is 1. The molecule has 0 bridgehead atoms. The summed E-state index contributed by atoms with van der Waals surface area (Å²) in [6, 6.07) is 4.00. The minimum atomic E-state index is -1.11. The number of carboxylic acids is 1. The molecule has 1 aromatic rings. The van der Waals surface area contributed by atoms with E-state index < -0.39 is 17.8 Å². The number of halogens is 1. The molecule has 1 aromatic carbocycles. The number of amides is 2. The molecule has 0 radical (unpaired) electrons. The number of carbonyl (C=O) groups is 3. The minimum Gasteiger partial charge on any atom is -0.478 e. The maximum Gasteiger partial charge on any atom is 0.335 e. The zero-order chi connectivity index (χ0) is 15.1. The Bertz CT molecular complexity index is 533. The predicted octanol–water partition coefficient (Wildman–Crippen LogP) is 0.442. The van der Waals surface area contributed by atoms with Gasteiger partial charge in [0.05, 0.1) is 22.8 Å². The first-order valence-electron chi connectivity index (χ1n) is 5.72. The number of aromatic carboxylic acids is 1. The van der Waals surface area contributed by atoms with Crippen LogP contribution in [0.25, 0.3) is 0 Å². The van der Waals surface area contributed by atoms with Crippen LogP contribution in [0.1, 0.15) is 16.8 Å². The van der Waals surface area contributed by atoms with E-state index in [1.54, 1.807) is 0 Å². The highest BCUT2D eigenvalue weighted by Gasteiger charge is 2.10. The number of hydrogen-bond donors (Lipinski definition) is 4. The third kappa shape index (κ3) is 5.25. The van der Waals surface area contributed by atoms with Gasteiger partial charge in [0.15, 0.2) is 0 Å². The van der Waals surface area contributed by atoms with Crippen molar-refractivity contribution in [3.63, 3.8) is 0 Å². The molecule has 0 unspecified atom stereocenters.